The fraction of sp³-hybridized carbons (Fsp3) is 0.462. The summed E-state index contributed by atoms with van der Waals surface area (Å²) in [7, 11) is 1.76. The SMILES string of the molecule is Cc1cccc(C(=O)N(C)C2CCC2)c1F. The minimum atomic E-state index is -0.390. The van der Waals surface area contributed by atoms with E-state index in [9.17, 15) is 9.18 Å². The molecule has 1 amide bonds. The Bertz CT molecular complexity index is 412. The van der Waals surface area contributed by atoms with Gasteiger partial charge in [-0.15, -0.1) is 0 Å². The first-order valence-corrected chi connectivity index (χ1v) is 5.63. The largest absolute Gasteiger partial charge is 0.339 e. The lowest BCUT2D eigenvalue weighted by molar-refractivity contribution is 0.0647. The van der Waals surface area contributed by atoms with Gasteiger partial charge in [-0.05, 0) is 37.8 Å². The highest BCUT2D eigenvalue weighted by molar-refractivity contribution is 5.94. The number of benzene rings is 1. The molecule has 16 heavy (non-hydrogen) atoms. The van der Waals surface area contributed by atoms with Gasteiger partial charge in [-0.25, -0.2) is 4.39 Å². The molecule has 0 N–H and O–H groups in total. The first kappa shape index (κ1) is 11.1. The zero-order chi connectivity index (χ0) is 11.7. The number of carbonyl (C=O) groups excluding carboxylic acids is 1. The number of aryl methyl sites for hydroxylation is 1. The molecule has 0 aliphatic heterocycles. The Labute approximate surface area is 95.1 Å². The number of nitrogens with zero attached hydrogens (tertiary/aromatic N) is 1. The van der Waals surface area contributed by atoms with Crippen molar-refractivity contribution in [3.8, 4) is 0 Å². The van der Waals surface area contributed by atoms with Crippen molar-refractivity contribution in [2.24, 2.45) is 0 Å². The molecule has 1 aliphatic carbocycles. The molecule has 1 aliphatic rings. The zero-order valence-corrected chi connectivity index (χ0v) is 9.66. The van der Waals surface area contributed by atoms with Crippen molar-refractivity contribution in [2.75, 3.05) is 7.05 Å². The molecule has 0 spiro atoms. The van der Waals surface area contributed by atoms with Gasteiger partial charge in [-0.2, -0.15) is 0 Å². The molecule has 0 unspecified atom stereocenters. The highest BCUT2D eigenvalue weighted by Gasteiger charge is 2.27. The van der Waals surface area contributed by atoms with Crippen molar-refractivity contribution in [3.05, 3.63) is 35.1 Å². The van der Waals surface area contributed by atoms with Gasteiger partial charge in [0, 0.05) is 13.1 Å². The Morgan fingerprint density at radius 2 is 2.12 bits per heavy atom. The Hall–Kier alpha value is -1.38. The van der Waals surface area contributed by atoms with Gasteiger partial charge in [0.15, 0.2) is 0 Å². The molecule has 0 heterocycles. The number of carbonyl (C=O) groups is 1. The van der Waals surface area contributed by atoms with Crippen molar-refractivity contribution in [1.82, 2.24) is 4.90 Å². The van der Waals surface area contributed by atoms with Crippen LogP contribution in [-0.2, 0) is 0 Å². The van der Waals surface area contributed by atoms with Crippen LogP contribution >= 0.6 is 0 Å². The van der Waals surface area contributed by atoms with Gasteiger partial charge in [-0.3, -0.25) is 4.79 Å². The maximum Gasteiger partial charge on any atom is 0.256 e. The number of hydrogen-bond donors (Lipinski definition) is 0. The van der Waals surface area contributed by atoms with Gasteiger partial charge in [0.2, 0.25) is 0 Å². The topological polar surface area (TPSA) is 20.3 Å². The zero-order valence-electron chi connectivity index (χ0n) is 9.66. The van der Waals surface area contributed by atoms with Crippen molar-refractivity contribution < 1.29 is 9.18 Å². The minimum Gasteiger partial charge on any atom is -0.339 e. The minimum absolute atomic E-state index is 0.189. The molecule has 0 bridgehead atoms. The van der Waals surface area contributed by atoms with Gasteiger partial charge >= 0.3 is 0 Å². The highest BCUT2D eigenvalue weighted by Crippen LogP contribution is 2.25. The van der Waals surface area contributed by atoms with E-state index >= 15 is 0 Å². The van der Waals surface area contributed by atoms with Crippen LogP contribution in [-0.4, -0.2) is 23.9 Å². The highest BCUT2D eigenvalue weighted by atomic mass is 19.1. The van der Waals surface area contributed by atoms with Crippen molar-refractivity contribution >= 4 is 5.91 Å². The van der Waals surface area contributed by atoms with E-state index < -0.39 is 5.82 Å². The normalized spacial score (nSPS) is 15.7. The molecule has 1 aromatic rings. The second-order valence-corrected chi connectivity index (χ2v) is 4.44. The van der Waals surface area contributed by atoms with Crippen LogP contribution in [0.25, 0.3) is 0 Å². The summed E-state index contributed by atoms with van der Waals surface area (Å²) < 4.78 is 13.8. The summed E-state index contributed by atoms with van der Waals surface area (Å²) in [6.07, 6.45) is 3.24. The Morgan fingerprint density at radius 1 is 1.44 bits per heavy atom. The second kappa shape index (κ2) is 4.24. The van der Waals surface area contributed by atoms with Crippen LogP contribution in [0, 0.1) is 12.7 Å². The quantitative estimate of drug-likeness (QED) is 0.752. The predicted molar refractivity (Wildman–Crippen MR) is 60.9 cm³/mol. The van der Waals surface area contributed by atoms with E-state index in [0.717, 1.165) is 12.8 Å². The lowest BCUT2D eigenvalue weighted by Gasteiger charge is -2.34. The lowest BCUT2D eigenvalue weighted by Crippen LogP contribution is -2.41. The number of rotatable bonds is 2. The van der Waals surface area contributed by atoms with Crippen LogP contribution in [0.3, 0.4) is 0 Å². The number of amides is 1. The number of hydrogen-bond acceptors (Lipinski definition) is 1. The standard InChI is InChI=1S/C13H16FNO/c1-9-5-3-8-11(12(9)14)13(16)15(2)10-6-4-7-10/h3,5,8,10H,4,6-7H2,1-2H3. The summed E-state index contributed by atoms with van der Waals surface area (Å²) in [5.74, 6) is -0.593. The van der Waals surface area contributed by atoms with Crippen molar-refractivity contribution in [1.29, 1.82) is 0 Å². The third-order valence-electron chi connectivity index (χ3n) is 3.36. The van der Waals surface area contributed by atoms with Gasteiger partial charge in [0.1, 0.15) is 5.82 Å². The summed E-state index contributed by atoms with van der Waals surface area (Å²) in [6, 6.07) is 5.25. The van der Waals surface area contributed by atoms with Crippen molar-refractivity contribution in [3.63, 3.8) is 0 Å². The fourth-order valence-corrected chi connectivity index (χ4v) is 1.94. The molecule has 86 valence electrons. The Balaban J connectivity index is 2.22. The van der Waals surface area contributed by atoms with Crippen LogP contribution in [0.4, 0.5) is 4.39 Å². The summed E-state index contributed by atoms with van der Waals surface area (Å²) >= 11 is 0. The van der Waals surface area contributed by atoms with Gasteiger partial charge in [-0.1, -0.05) is 12.1 Å². The second-order valence-electron chi connectivity index (χ2n) is 4.44. The molecule has 0 atom stereocenters. The van der Waals surface area contributed by atoms with Gasteiger partial charge < -0.3 is 4.90 Å². The van der Waals surface area contributed by atoms with E-state index in [4.69, 9.17) is 0 Å². The monoisotopic (exact) mass is 221 g/mol. The van der Waals surface area contributed by atoms with E-state index in [1.54, 1.807) is 37.1 Å². The van der Waals surface area contributed by atoms with Crippen molar-refractivity contribution in [2.45, 2.75) is 32.2 Å². The summed E-state index contributed by atoms with van der Waals surface area (Å²) in [4.78, 5) is 13.7. The maximum atomic E-state index is 13.8. The molecule has 2 nitrogen and oxygen atoms in total. The Kier molecular flexibility index (Phi) is 2.95. The first-order valence-electron chi connectivity index (χ1n) is 5.63. The van der Waals surface area contributed by atoms with Crippen LogP contribution in [0.5, 0.6) is 0 Å². The third kappa shape index (κ3) is 1.82. The summed E-state index contributed by atoms with van der Waals surface area (Å²) in [6.45, 7) is 1.68. The summed E-state index contributed by atoms with van der Waals surface area (Å²) in [5, 5.41) is 0. The Morgan fingerprint density at radius 3 is 2.69 bits per heavy atom. The van der Waals surface area contributed by atoms with Crippen LogP contribution < -0.4 is 0 Å². The van der Waals surface area contributed by atoms with Crippen LogP contribution in [0.1, 0.15) is 35.2 Å². The van der Waals surface area contributed by atoms with Gasteiger partial charge in [0.25, 0.3) is 5.91 Å². The van der Waals surface area contributed by atoms with Crippen LogP contribution in [0.15, 0.2) is 18.2 Å². The molecule has 0 saturated heterocycles. The molecule has 0 radical (unpaired) electrons. The number of halogens is 1. The smallest absolute Gasteiger partial charge is 0.256 e. The molecule has 1 fully saturated rings. The molecule has 1 saturated carbocycles. The fourth-order valence-electron chi connectivity index (χ4n) is 1.94. The van der Waals surface area contributed by atoms with E-state index in [2.05, 4.69) is 0 Å². The van der Waals surface area contributed by atoms with Gasteiger partial charge in [0.05, 0.1) is 5.56 Å². The van der Waals surface area contributed by atoms with Crippen LogP contribution in [0.2, 0.25) is 0 Å². The van der Waals surface area contributed by atoms with E-state index in [0.29, 0.717) is 11.6 Å². The van der Waals surface area contributed by atoms with E-state index in [1.807, 2.05) is 0 Å². The molecular weight excluding hydrogens is 205 g/mol. The molecule has 1 aromatic carbocycles. The first-order chi connectivity index (χ1) is 7.61. The third-order valence-corrected chi connectivity index (χ3v) is 3.36. The molecule has 2 rings (SSSR count). The van der Waals surface area contributed by atoms with E-state index in [-0.39, 0.29) is 11.5 Å². The lowest BCUT2D eigenvalue weighted by atomic mass is 9.91. The average molecular weight is 221 g/mol. The molecule has 0 aromatic heterocycles. The molecule has 3 heteroatoms. The summed E-state index contributed by atoms with van der Waals surface area (Å²) in [5.41, 5.74) is 0.710. The van der Waals surface area contributed by atoms with E-state index in [1.165, 1.54) is 6.42 Å². The maximum absolute atomic E-state index is 13.8. The predicted octanol–water partition coefficient (Wildman–Crippen LogP) is 2.76. The average Bonchev–Trinajstić information content (AvgIpc) is 2.18. The molecular formula is C13H16FNO.